The first kappa shape index (κ1) is 27.6. The van der Waals surface area contributed by atoms with Gasteiger partial charge in [0.05, 0.1) is 22.8 Å². The van der Waals surface area contributed by atoms with Crippen LogP contribution in [0.15, 0.2) is 47.4 Å². The number of carbonyl (C=O) groups is 1. The summed E-state index contributed by atoms with van der Waals surface area (Å²) in [4.78, 5) is 15.4. The van der Waals surface area contributed by atoms with E-state index in [1.54, 1.807) is 36.9 Å². The molecule has 37 heavy (non-hydrogen) atoms. The Morgan fingerprint density at radius 2 is 1.73 bits per heavy atom. The lowest BCUT2D eigenvalue weighted by Gasteiger charge is -2.34. The molecular formula is C26H35N3O6S2. The fourth-order valence-electron chi connectivity index (χ4n) is 5.23. The third-order valence-electron chi connectivity index (χ3n) is 7.51. The van der Waals surface area contributed by atoms with Crippen molar-refractivity contribution in [3.8, 4) is 0 Å². The Bertz CT molecular complexity index is 1410. The number of rotatable bonds is 7. The summed E-state index contributed by atoms with van der Waals surface area (Å²) in [5.41, 5.74) is 0.976. The Labute approximate surface area is 219 Å². The summed E-state index contributed by atoms with van der Waals surface area (Å²) in [5.74, 6) is -0.320. The van der Waals surface area contributed by atoms with Crippen LogP contribution in [0.3, 0.4) is 0 Å². The lowest BCUT2D eigenvalue weighted by atomic mass is 9.70. The van der Waals surface area contributed by atoms with Crippen LogP contribution in [0.5, 0.6) is 0 Å². The van der Waals surface area contributed by atoms with Gasteiger partial charge in [0.15, 0.2) is 0 Å². The van der Waals surface area contributed by atoms with E-state index in [4.69, 9.17) is 0 Å². The maximum Gasteiger partial charge on any atom is 0.258 e. The van der Waals surface area contributed by atoms with Gasteiger partial charge in [0, 0.05) is 28.9 Å². The van der Waals surface area contributed by atoms with Crippen molar-refractivity contribution >= 4 is 37.3 Å². The summed E-state index contributed by atoms with van der Waals surface area (Å²) < 4.78 is 54.8. The molecule has 2 aromatic carbocycles. The molecular weight excluding hydrogens is 514 g/mol. The maximum atomic E-state index is 13.8. The molecule has 1 spiro atoms. The number of nitrogens with zero attached hydrogens (tertiary/aromatic N) is 1. The van der Waals surface area contributed by atoms with Crippen molar-refractivity contribution in [1.29, 1.82) is 0 Å². The Balaban J connectivity index is 1.70. The predicted octanol–water partition coefficient (Wildman–Crippen LogP) is 3.36. The molecule has 1 fully saturated rings. The number of aliphatic hydroxyl groups is 1. The second-order valence-electron chi connectivity index (χ2n) is 10.9. The van der Waals surface area contributed by atoms with Gasteiger partial charge >= 0.3 is 0 Å². The maximum absolute atomic E-state index is 13.8. The van der Waals surface area contributed by atoms with Crippen LogP contribution in [0.25, 0.3) is 0 Å². The molecule has 9 nitrogen and oxygen atoms in total. The number of sulfonamides is 2. The van der Waals surface area contributed by atoms with Gasteiger partial charge in [-0.2, -0.15) is 0 Å². The number of nitrogens with one attached hydrogen (secondary N) is 2. The van der Waals surface area contributed by atoms with Crippen LogP contribution >= 0.6 is 0 Å². The van der Waals surface area contributed by atoms with Gasteiger partial charge in [-0.15, -0.1) is 0 Å². The summed E-state index contributed by atoms with van der Waals surface area (Å²) in [5, 5.41) is 9.95. The lowest BCUT2D eigenvalue weighted by molar-refractivity contribution is 0.0982. The van der Waals surface area contributed by atoms with Gasteiger partial charge in [-0.1, -0.05) is 25.3 Å². The Morgan fingerprint density at radius 3 is 2.35 bits per heavy atom. The van der Waals surface area contributed by atoms with E-state index in [2.05, 4.69) is 9.44 Å². The van der Waals surface area contributed by atoms with Crippen LogP contribution in [0.1, 0.15) is 68.8 Å². The topological polar surface area (TPSA) is 133 Å². The molecule has 1 aliphatic heterocycles. The molecule has 0 aromatic heterocycles. The van der Waals surface area contributed by atoms with E-state index < -0.39 is 31.7 Å². The first-order valence-electron chi connectivity index (χ1n) is 12.4. The normalized spacial score (nSPS) is 18.5. The zero-order chi connectivity index (χ0) is 27.2. The number of carbonyl (C=O) groups excluding carboxylic acids is 1. The zero-order valence-electron chi connectivity index (χ0n) is 21.6. The van der Waals surface area contributed by atoms with Crippen LogP contribution in [-0.4, -0.2) is 52.3 Å². The summed E-state index contributed by atoms with van der Waals surface area (Å²) in [6.07, 6.45) is 5.10. The van der Waals surface area contributed by atoms with E-state index in [9.17, 15) is 26.7 Å². The predicted molar refractivity (Wildman–Crippen MR) is 144 cm³/mol. The van der Waals surface area contributed by atoms with Crippen LogP contribution in [0.4, 0.5) is 11.4 Å². The number of anilines is 2. The molecule has 0 radical (unpaired) electrons. The molecule has 3 N–H and O–H groups in total. The SMILES string of the molecule is CC(O)C(C)(C)NS(=O)(=O)c1cccc(C(=O)N2CC3(CCCCC3)c3cc(NS(C)(=O)=O)ccc32)c1. The van der Waals surface area contributed by atoms with Gasteiger partial charge < -0.3 is 10.0 Å². The summed E-state index contributed by atoms with van der Waals surface area (Å²) >= 11 is 0. The number of hydrogen-bond donors (Lipinski definition) is 3. The zero-order valence-corrected chi connectivity index (χ0v) is 23.2. The van der Waals surface area contributed by atoms with Gasteiger partial charge in [0.25, 0.3) is 5.91 Å². The highest BCUT2D eigenvalue weighted by atomic mass is 32.2. The summed E-state index contributed by atoms with van der Waals surface area (Å²) in [6, 6.07) is 11.1. The molecule has 1 saturated carbocycles. The van der Waals surface area contributed by atoms with Gasteiger partial charge in [0.2, 0.25) is 20.0 Å². The molecule has 1 amide bonds. The number of benzene rings is 2. The minimum absolute atomic E-state index is 0.0634. The first-order valence-corrected chi connectivity index (χ1v) is 15.8. The van der Waals surface area contributed by atoms with Crippen molar-refractivity contribution in [2.75, 3.05) is 22.4 Å². The van der Waals surface area contributed by atoms with E-state index in [0.717, 1.165) is 43.9 Å². The van der Waals surface area contributed by atoms with Gasteiger partial charge in [0.1, 0.15) is 0 Å². The van der Waals surface area contributed by atoms with E-state index >= 15 is 0 Å². The van der Waals surface area contributed by atoms with E-state index in [1.165, 1.54) is 25.1 Å². The summed E-state index contributed by atoms with van der Waals surface area (Å²) in [6.45, 7) is 5.13. The second-order valence-corrected chi connectivity index (χ2v) is 14.3. The average molecular weight is 550 g/mol. The number of aliphatic hydroxyl groups excluding tert-OH is 1. The quantitative estimate of drug-likeness (QED) is 0.485. The summed E-state index contributed by atoms with van der Waals surface area (Å²) in [7, 11) is -7.46. The van der Waals surface area contributed by atoms with Crippen molar-refractivity contribution < 1.29 is 26.7 Å². The molecule has 2 aromatic rings. The molecule has 11 heteroatoms. The van der Waals surface area contributed by atoms with Crippen molar-refractivity contribution in [2.45, 2.75) is 74.8 Å². The van der Waals surface area contributed by atoms with Crippen molar-refractivity contribution in [2.24, 2.45) is 0 Å². The molecule has 4 rings (SSSR count). The van der Waals surface area contributed by atoms with Gasteiger partial charge in [-0.05, 0) is 75.6 Å². The first-order chi connectivity index (χ1) is 17.1. The Kier molecular flexibility index (Phi) is 7.21. The molecule has 1 heterocycles. The molecule has 0 bridgehead atoms. The van der Waals surface area contributed by atoms with Crippen molar-refractivity contribution in [3.05, 3.63) is 53.6 Å². The van der Waals surface area contributed by atoms with Gasteiger partial charge in [-0.25, -0.2) is 21.6 Å². The molecule has 202 valence electrons. The molecule has 0 saturated heterocycles. The van der Waals surface area contributed by atoms with Crippen LogP contribution in [0.2, 0.25) is 0 Å². The molecule has 1 unspecified atom stereocenters. The fourth-order valence-corrected chi connectivity index (χ4v) is 7.30. The van der Waals surface area contributed by atoms with Crippen molar-refractivity contribution in [1.82, 2.24) is 4.72 Å². The third-order valence-corrected chi connectivity index (χ3v) is 9.79. The lowest BCUT2D eigenvalue weighted by Crippen LogP contribution is -2.50. The van der Waals surface area contributed by atoms with E-state index in [1.807, 2.05) is 6.07 Å². The second kappa shape index (κ2) is 9.68. The van der Waals surface area contributed by atoms with Gasteiger partial charge in [-0.3, -0.25) is 9.52 Å². The van der Waals surface area contributed by atoms with Crippen LogP contribution in [0, 0.1) is 0 Å². The molecule has 1 atom stereocenters. The molecule has 1 aliphatic carbocycles. The third kappa shape index (κ3) is 5.69. The number of fused-ring (bicyclic) bond motifs is 2. The highest BCUT2D eigenvalue weighted by Gasteiger charge is 2.45. The standard InChI is InChI=1S/C26H35N3O6S2/c1-18(30)25(2,3)28-37(34,35)21-10-8-9-19(15-21)24(31)29-17-26(13-6-5-7-14-26)22-16-20(11-12-23(22)29)27-36(4,32)33/h8-12,15-16,18,27-28,30H,5-7,13-14,17H2,1-4H3. The highest BCUT2D eigenvalue weighted by molar-refractivity contribution is 7.92. The fraction of sp³-hybridized carbons (Fsp3) is 0.500. The minimum atomic E-state index is -4.00. The Morgan fingerprint density at radius 1 is 1.05 bits per heavy atom. The Hall–Kier alpha value is -2.47. The molecule has 2 aliphatic rings. The smallest absolute Gasteiger partial charge is 0.258 e. The van der Waals surface area contributed by atoms with Crippen molar-refractivity contribution in [3.63, 3.8) is 0 Å². The largest absolute Gasteiger partial charge is 0.391 e. The van der Waals surface area contributed by atoms with Crippen LogP contribution < -0.4 is 14.3 Å². The van der Waals surface area contributed by atoms with Crippen LogP contribution in [-0.2, 0) is 25.5 Å². The van der Waals surface area contributed by atoms with E-state index in [0.29, 0.717) is 17.9 Å². The van der Waals surface area contributed by atoms with E-state index in [-0.39, 0.29) is 21.8 Å². The minimum Gasteiger partial charge on any atom is -0.391 e. The monoisotopic (exact) mass is 549 g/mol. The number of hydrogen-bond acceptors (Lipinski definition) is 6. The average Bonchev–Trinajstić information content (AvgIpc) is 3.10. The highest BCUT2D eigenvalue weighted by Crippen LogP contribution is 2.50. The number of amides is 1.